The molecule has 2 aliphatic heterocycles. The number of piperidine rings is 1. The van der Waals surface area contributed by atoms with Crippen LogP contribution in [-0.2, 0) is 14.4 Å². The summed E-state index contributed by atoms with van der Waals surface area (Å²) >= 11 is 0. The van der Waals surface area contributed by atoms with Crippen LogP contribution in [0.5, 0.6) is 11.5 Å². The summed E-state index contributed by atoms with van der Waals surface area (Å²) in [6.07, 6.45) is -1.70. The number of rotatable bonds is 7. The number of benzene rings is 2. The zero-order valence-corrected chi connectivity index (χ0v) is 18.9. The fourth-order valence-electron chi connectivity index (χ4n) is 4.13. The molecule has 4 atom stereocenters. The number of fused-ring (bicyclic) bond motifs is 1. The highest BCUT2D eigenvalue weighted by Crippen LogP contribution is 2.32. The molecule has 0 radical (unpaired) electrons. The molecule has 2 aromatic carbocycles. The van der Waals surface area contributed by atoms with Crippen LogP contribution in [0, 0.1) is 22.0 Å². The van der Waals surface area contributed by atoms with Crippen LogP contribution < -0.4 is 36.1 Å². The van der Waals surface area contributed by atoms with Gasteiger partial charge in [0.25, 0.3) is 5.69 Å². The quantitative estimate of drug-likeness (QED) is 0.281. The first-order chi connectivity index (χ1) is 16.8. The summed E-state index contributed by atoms with van der Waals surface area (Å²) in [5, 5.41) is 25.3. The minimum absolute atomic E-state index is 0.0827. The monoisotopic (exact) mass is 484 g/mol. The third-order valence-electron chi connectivity index (χ3n) is 5.84. The molecule has 4 unspecified atom stereocenters. The normalized spacial score (nSPS) is 23.3. The summed E-state index contributed by atoms with van der Waals surface area (Å²) in [6, 6.07) is 10.8. The van der Waals surface area contributed by atoms with Crippen LogP contribution in [0.1, 0.15) is 6.42 Å². The molecule has 13 nitrogen and oxygen atoms in total. The van der Waals surface area contributed by atoms with E-state index in [1.54, 1.807) is 31.4 Å². The minimum atomic E-state index is -0.983. The number of non-ortho nitro benzene ring substituents is 1. The van der Waals surface area contributed by atoms with Gasteiger partial charge in [-0.2, -0.15) is 0 Å². The van der Waals surface area contributed by atoms with Crippen molar-refractivity contribution in [3.8, 4) is 11.5 Å². The number of nitro benzene ring substituents is 1. The number of ether oxygens (including phenoxy) is 2. The summed E-state index contributed by atoms with van der Waals surface area (Å²) in [7, 11) is 2.87. The summed E-state index contributed by atoms with van der Waals surface area (Å²) in [5.74, 6) is -2.51. The molecule has 0 aliphatic carbocycles. The first-order valence-electron chi connectivity index (χ1n) is 10.7. The first kappa shape index (κ1) is 23.8. The Kier molecular flexibility index (Phi) is 6.68. The van der Waals surface area contributed by atoms with Gasteiger partial charge in [-0.1, -0.05) is 0 Å². The van der Waals surface area contributed by atoms with Crippen molar-refractivity contribution in [2.24, 2.45) is 11.8 Å². The highest BCUT2D eigenvalue weighted by atomic mass is 16.6. The highest BCUT2D eigenvalue weighted by Gasteiger charge is 2.48. The molecule has 0 bridgehead atoms. The molecule has 4 rings (SSSR count). The van der Waals surface area contributed by atoms with E-state index in [1.165, 1.54) is 25.3 Å². The standard InChI is InChI=1S/C22H24N6O7/c1-34-13-6-3-11(4-7-13)23-22-26-19-18(21(31)27-22)14(10-17(29)25-19)20(30)24-15-8-5-12(28(32)33)9-16(15)35-2/h3-9,14,18-19,22-23,26H,10H2,1-2H3,(H,24,30)(H,25,29)(H,27,31). The van der Waals surface area contributed by atoms with Crippen molar-refractivity contribution in [3.63, 3.8) is 0 Å². The Hall–Kier alpha value is -4.39. The Morgan fingerprint density at radius 3 is 2.49 bits per heavy atom. The molecule has 0 saturated carbocycles. The summed E-state index contributed by atoms with van der Waals surface area (Å²) in [4.78, 5) is 48.9. The van der Waals surface area contributed by atoms with Gasteiger partial charge in [0.05, 0.1) is 48.9 Å². The molecular formula is C22H24N6O7. The van der Waals surface area contributed by atoms with Crippen LogP contribution >= 0.6 is 0 Å². The van der Waals surface area contributed by atoms with Gasteiger partial charge in [0.1, 0.15) is 11.5 Å². The number of nitrogens with zero attached hydrogens (tertiary/aromatic N) is 1. The molecular weight excluding hydrogens is 460 g/mol. The molecule has 2 saturated heterocycles. The van der Waals surface area contributed by atoms with Gasteiger partial charge in [0.2, 0.25) is 17.7 Å². The van der Waals surface area contributed by atoms with Crippen LogP contribution in [-0.4, -0.2) is 49.3 Å². The molecule has 3 amide bonds. The van der Waals surface area contributed by atoms with Crippen LogP contribution in [0.3, 0.4) is 0 Å². The Morgan fingerprint density at radius 1 is 1.09 bits per heavy atom. The van der Waals surface area contributed by atoms with Crippen molar-refractivity contribution >= 4 is 34.8 Å². The van der Waals surface area contributed by atoms with E-state index in [9.17, 15) is 24.5 Å². The molecule has 2 fully saturated rings. The van der Waals surface area contributed by atoms with E-state index in [1.807, 2.05) is 0 Å². The highest BCUT2D eigenvalue weighted by molar-refractivity contribution is 6.01. The fourth-order valence-corrected chi connectivity index (χ4v) is 4.13. The number of nitro groups is 1. The lowest BCUT2D eigenvalue weighted by atomic mass is 9.81. The van der Waals surface area contributed by atoms with Gasteiger partial charge in [0, 0.05) is 18.2 Å². The second-order valence-electron chi connectivity index (χ2n) is 7.99. The third-order valence-corrected chi connectivity index (χ3v) is 5.84. The maximum atomic E-state index is 13.1. The lowest BCUT2D eigenvalue weighted by molar-refractivity contribution is -0.384. The molecule has 0 aromatic heterocycles. The Bertz CT molecular complexity index is 1160. The minimum Gasteiger partial charge on any atom is -0.497 e. The van der Waals surface area contributed by atoms with Crippen LogP contribution in [0.4, 0.5) is 17.1 Å². The summed E-state index contributed by atoms with van der Waals surface area (Å²) in [6.45, 7) is 0. The van der Waals surface area contributed by atoms with Gasteiger partial charge in [-0.05, 0) is 30.3 Å². The maximum Gasteiger partial charge on any atom is 0.273 e. The number of carbonyl (C=O) groups is 3. The lowest BCUT2D eigenvalue weighted by Gasteiger charge is -2.43. The molecule has 35 heavy (non-hydrogen) atoms. The largest absolute Gasteiger partial charge is 0.497 e. The fraction of sp³-hybridized carbons (Fsp3) is 0.318. The average Bonchev–Trinajstić information content (AvgIpc) is 2.83. The number of nitrogens with one attached hydrogen (secondary N) is 5. The van der Waals surface area contributed by atoms with Gasteiger partial charge in [-0.25, -0.2) is 0 Å². The van der Waals surface area contributed by atoms with E-state index >= 15 is 0 Å². The van der Waals surface area contributed by atoms with Crippen molar-refractivity contribution in [3.05, 3.63) is 52.6 Å². The SMILES string of the molecule is COc1ccc(NC2NC(=O)C3C(NC(=O)CC3C(=O)Nc3ccc([N+](=O)[O-])cc3OC)N2)cc1. The van der Waals surface area contributed by atoms with E-state index in [-0.39, 0.29) is 23.5 Å². The van der Waals surface area contributed by atoms with Crippen LogP contribution in [0.25, 0.3) is 0 Å². The van der Waals surface area contributed by atoms with E-state index in [2.05, 4.69) is 26.6 Å². The molecule has 0 spiro atoms. The molecule has 13 heteroatoms. The zero-order valence-electron chi connectivity index (χ0n) is 18.9. The smallest absolute Gasteiger partial charge is 0.273 e. The number of anilines is 2. The van der Waals surface area contributed by atoms with Gasteiger partial charge in [-0.3, -0.25) is 29.8 Å². The number of hydrogen-bond acceptors (Lipinski definition) is 9. The van der Waals surface area contributed by atoms with Gasteiger partial charge >= 0.3 is 0 Å². The van der Waals surface area contributed by atoms with Gasteiger partial charge in [0.15, 0.2) is 6.29 Å². The number of carbonyl (C=O) groups excluding carboxylic acids is 3. The maximum absolute atomic E-state index is 13.1. The molecule has 2 aliphatic rings. The molecule has 5 N–H and O–H groups in total. The summed E-state index contributed by atoms with van der Waals surface area (Å²) < 4.78 is 10.3. The number of hydrogen-bond donors (Lipinski definition) is 5. The van der Waals surface area contributed by atoms with Crippen LogP contribution in [0.15, 0.2) is 42.5 Å². The van der Waals surface area contributed by atoms with Crippen LogP contribution in [0.2, 0.25) is 0 Å². The zero-order chi connectivity index (χ0) is 25.1. The van der Waals surface area contributed by atoms with Crippen molar-refractivity contribution in [1.82, 2.24) is 16.0 Å². The first-order valence-corrected chi connectivity index (χ1v) is 10.7. The third kappa shape index (κ3) is 5.09. The second kappa shape index (κ2) is 9.85. The lowest BCUT2D eigenvalue weighted by Crippen LogP contribution is -2.72. The predicted octanol–water partition coefficient (Wildman–Crippen LogP) is 0.744. The van der Waals surface area contributed by atoms with Crippen molar-refractivity contribution in [2.45, 2.75) is 18.9 Å². The van der Waals surface area contributed by atoms with E-state index in [4.69, 9.17) is 9.47 Å². The van der Waals surface area contributed by atoms with Gasteiger partial charge in [-0.15, -0.1) is 0 Å². The Morgan fingerprint density at radius 2 is 1.83 bits per heavy atom. The predicted molar refractivity (Wildman–Crippen MR) is 123 cm³/mol. The molecule has 184 valence electrons. The summed E-state index contributed by atoms with van der Waals surface area (Å²) in [5.41, 5.74) is 0.681. The van der Waals surface area contributed by atoms with Crippen molar-refractivity contribution < 1.29 is 28.8 Å². The van der Waals surface area contributed by atoms with E-state index in [0.29, 0.717) is 11.4 Å². The Balaban J connectivity index is 1.48. The average molecular weight is 484 g/mol. The Labute approximate surface area is 199 Å². The van der Waals surface area contributed by atoms with E-state index in [0.717, 1.165) is 0 Å². The topological polar surface area (TPSA) is 173 Å². The molecule has 2 aromatic rings. The van der Waals surface area contributed by atoms with E-state index < -0.39 is 46.9 Å². The van der Waals surface area contributed by atoms with Gasteiger partial charge < -0.3 is 30.7 Å². The molecule has 2 heterocycles. The second-order valence-corrected chi connectivity index (χ2v) is 7.99. The number of amides is 3. The number of methoxy groups -OCH3 is 2. The van der Waals surface area contributed by atoms with Crippen molar-refractivity contribution in [2.75, 3.05) is 24.9 Å². The van der Waals surface area contributed by atoms with Crippen molar-refractivity contribution in [1.29, 1.82) is 0 Å².